The van der Waals surface area contributed by atoms with Gasteiger partial charge < -0.3 is 19.9 Å². The van der Waals surface area contributed by atoms with E-state index in [1.807, 2.05) is 42.4 Å². The summed E-state index contributed by atoms with van der Waals surface area (Å²) < 4.78 is 33.9. The second-order valence-corrected chi connectivity index (χ2v) is 8.16. The van der Waals surface area contributed by atoms with E-state index >= 15 is 0 Å². The van der Waals surface area contributed by atoms with Crippen molar-refractivity contribution in [2.45, 2.75) is 59.0 Å². The van der Waals surface area contributed by atoms with Crippen molar-refractivity contribution in [2.24, 2.45) is 0 Å². The van der Waals surface area contributed by atoms with Crippen molar-refractivity contribution >= 4 is 17.7 Å². The van der Waals surface area contributed by atoms with E-state index in [-0.39, 0.29) is 6.03 Å². The van der Waals surface area contributed by atoms with Gasteiger partial charge in [-0.1, -0.05) is 18.2 Å². The highest BCUT2D eigenvalue weighted by atomic mass is 19.4. The second kappa shape index (κ2) is 11.2. The number of carbonyl (C=O) groups is 2. The van der Waals surface area contributed by atoms with Gasteiger partial charge in [0, 0.05) is 31.4 Å². The Balaban J connectivity index is 0.000000479. The van der Waals surface area contributed by atoms with Crippen LogP contribution in [0.4, 0.5) is 23.7 Å². The predicted octanol–water partition coefficient (Wildman–Crippen LogP) is 4.10. The number of carbonyl (C=O) groups excluding carboxylic acids is 1. The number of aromatic nitrogens is 2. The van der Waals surface area contributed by atoms with E-state index in [0.29, 0.717) is 12.6 Å². The lowest BCUT2D eigenvalue weighted by Crippen LogP contribution is -2.35. The molecule has 0 fully saturated rings. The molecule has 0 atom stereocenters. The number of aryl methyl sites for hydroxylation is 2. The molecule has 2 aromatic rings. The van der Waals surface area contributed by atoms with Crippen molar-refractivity contribution in [1.82, 2.24) is 19.4 Å². The number of nitrogens with one attached hydrogen (secondary N) is 1. The average Bonchev–Trinajstić information content (AvgIpc) is 2.96. The van der Waals surface area contributed by atoms with Crippen LogP contribution in [-0.4, -0.2) is 62.3 Å². The molecule has 3 rings (SSSR count). The van der Waals surface area contributed by atoms with Crippen LogP contribution in [-0.2, 0) is 24.4 Å². The zero-order chi connectivity index (χ0) is 24.8. The van der Waals surface area contributed by atoms with Crippen molar-refractivity contribution in [2.75, 3.05) is 18.9 Å². The fraction of sp³-hybridized carbons (Fsp3) is 0.500. The first-order valence-electron chi connectivity index (χ1n) is 10.5. The Morgan fingerprint density at radius 2 is 1.88 bits per heavy atom. The van der Waals surface area contributed by atoms with Gasteiger partial charge >= 0.3 is 18.2 Å². The van der Waals surface area contributed by atoms with Crippen LogP contribution in [0.3, 0.4) is 0 Å². The number of halogens is 3. The Morgan fingerprint density at radius 3 is 2.45 bits per heavy atom. The van der Waals surface area contributed by atoms with E-state index < -0.39 is 12.1 Å². The minimum Gasteiger partial charge on any atom is -0.475 e. The maximum Gasteiger partial charge on any atom is 0.490 e. The molecule has 8 nitrogen and oxygen atoms in total. The number of urea groups is 1. The van der Waals surface area contributed by atoms with E-state index in [1.165, 1.54) is 0 Å². The largest absolute Gasteiger partial charge is 0.490 e. The first kappa shape index (κ1) is 26.2. The molecule has 0 spiro atoms. The van der Waals surface area contributed by atoms with Gasteiger partial charge in [0.05, 0.1) is 24.3 Å². The second-order valence-electron chi connectivity index (χ2n) is 8.16. The normalized spacial score (nSPS) is 13.8. The quantitative estimate of drug-likeness (QED) is 0.704. The number of amides is 2. The fourth-order valence-corrected chi connectivity index (χ4v) is 3.15. The molecular weight excluding hydrogens is 439 g/mol. The topological polar surface area (TPSA) is 90.7 Å². The highest BCUT2D eigenvalue weighted by molar-refractivity contribution is 5.90. The van der Waals surface area contributed by atoms with Crippen molar-refractivity contribution in [3.63, 3.8) is 0 Å². The van der Waals surface area contributed by atoms with E-state index in [1.54, 1.807) is 0 Å². The van der Waals surface area contributed by atoms with Crippen LogP contribution in [0.2, 0.25) is 0 Å². The van der Waals surface area contributed by atoms with Gasteiger partial charge in [-0.25, -0.2) is 14.6 Å². The molecule has 0 aliphatic carbocycles. The number of aliphatic carboxylic acids is 1. The molecule has 1 aromatic heterocycles. The lowest BCUT2D eigenvalue weighted by atomic mass is 10.2. The minimum atomic E-state index is -5.08. The van der Waals surface area contributed by atoms with E-state index in [0.717, 1.165) is 48.7 Å². The highest BCUT2D eigenvalue weighted by Crippen LogP contribution is 2.20. The Labute approximate surface area is 191 Å². The highest BCUT2D eigenvalue weighted by Gasteiger charge is 2.38. The summed E-state index contributed by atoms with van der Waals surface area (Å²) in [6.07, 6.45) is -2.23. The number of rotatable bonds is 4. The van der Waals surface area contributed by atoms with Crippen molar-refractivity contribution in [3.8, 4) is 0 Å². The Kier molecular flexibility index (Phi) is 8.86. The molecule has 2 amide bonds. The third-order valence-electron chi connectivity index (χ3n) is 5.40. The number of fused-ring (bicyclic) bond motifs is 1. The molecule has 1 aliphatic heterocycles. The molecule has 0 unspecified atom stereocenters. The lowest BCUT2D eigenvalue weighted by Gasteiger charge is -2.23. The summed E-state index contributed by atoms with van der Waals surface area (Å²) in [7, 11) is 2.11. The van der Waals surface area contributed by atoms with Gasteiger partial charge in [-0.05, 0) is 45.9 Å². The number of carboxylic acid groups (broad SMARTS) is 1. The number of carboxylic acids is 1. The van der Waals surface area contributed by atoms with Gasteiger partial charge in [0.2, 0.25) is 0 Å². The number of nitrogens with zero attached hydrogens (tertiary/aromatic N) is 4. The molecular formula is C22H30F3N5O3. The van der Waals surface area contributed by atoms with Crippen LogP contribution in [0.25, 0.3) is 0 Å². The number of para-hydroxylation sites is 1. The molecule has 1 aromatic carbocycles. The molecule has 33 heavy (non-hydrogen) atoms. The van der Waals surface area contributed by atoms with Gasteiger partial charge in [-0.2, -0.15) is 13.2 Å². The summed E-state index contributed by atoms with van der Waals surface area (Å²) in [6.45, 7) is 9.41. The van der Waals surface area contributed by atoms with Gasteiger partial charge in [0.25, 0.3) is 0 Å². The van der Waals surface area contributed by atoms with E-state index in [4.69, 9.17) is 9.90 Å². The zero-order valence-corrected chi connectivity index (χ0v) is 19.2. The lowest BCUT2D eigenvalue weighted by molar-refractivity contribution is -0.192. The number of hydrogen-bond donors (Lipinski definition) is 2. The van der Waals surface area contributed by atoms with Gasteiger partial charge in [0.15, 0.2) is 0 Å². The molecule has 1 aliphatic rings. The Bertz CT molecular complexity index is 959. The smallest absolute Gasteiger partial charge is 0.475 e. The van der Waals surface area contributed by atoms with Crippen molar-refractivity contribution < 1.29 is 27.9 Å². The van der Waals surface area contributed by atoms with Crippen LogP contribution < -0.4 is 5.32 Å². The maximum absolute atomic E-state index is 12.8. The molecule has 0 radical (unpaired) electrons. The first-order chi connectivity index (χ1) is 15.4. The van der Waals surface area contributed by atoms with Gasteiger partial charge in [0.1, 0.15) is 0 Å². The molecule has 0 saturated heterocycles. The number of hydrogen-bond acceptors (Lipinski definition) is 4. The number of imidazole rings is 1. The predicted molar refractivity (Wildman–Crippen MR) is 118 cm³/mol. The third kappa shape index (κ3) is 7.48. The fourth-order valence-electron chi connectivity index (χ4n) is 3.15. The van der Waals surface area contributed by atoms with Crippen LogP contribution >= 0.6 is 0 Å². The number of alkyl halides is 3. The minimum absolute atomic E-state index is 0.0443. The number of benzene rings is 1. The van der Waals surface area contributed by atoms with Crippen molar-refractivity contribution in [3.05, 3.63) is 47.5 Å². The monoisotopic (exact) mass is 469 g/mol. The summed E-state index contributed by atoms with van der Waals surface area (Å²) in [6, 6.07) is 8.29. The van der Waals surface area contributed by atoms with Crippen LogP contribution in [0.1, 0.15) is 37.2 Å². The molecule has 11 heteroatoms. The summed E-state index contributed by atoms with van der Waals surface area (Å²) in [5.74, 6) is -2.76. The summed E-state index contributed by atoms with van der Waals surface area (Å²) >= 11 is 0. The third-order valence-corrected chi connectivity index (χ3v) is 5.40. The Morgan fingerprint density at radius 1 is 1.24 bits per heavy atom. The molecule has 2 N–H and O–H groups in total. The van der Waals surface area contributed by atoms with Gasteiger partial charge in [-0.3, -0.25) is 4.90 Å². The summed E-state index contributed by atoms with van der Waals surface area (Å²) in [5, 5.41) is 10.2. The van der Waals surface area contributed by atoms with Crippen LogP contribution in [0.15, 0.2) is 30.6 Å². The van der Waals surface area contributed by atoms with Crippen LogP contribution in [0.5, 0.6) is 0 Å². The molecule has 0 bridgehead atoms. The SMILES string of the molecule is Cc1ccccc1NC(=O)N1CCCn2cnc(CN(C)C(C)C)c2C1.O=C(O)C(F)(F)F. The molecule has 0 saturated carbocycles. The summed E-state index contributed by atoms with van der Waals surface area (Å²) in [4.78, 5) is 30.5. The van der Waals surface area contributed by atoms with Crippen molar-refractivity contribution in [1.29, 1.82) is 0 Å². The standard InChI is InChI=1S/C20H29N5O.C2HF3O2/c1-15(2)23(4)12-18-19-13-24(10-7-11-25(19)14-21-18)20(26)22-17-9-6-5-8-16(17)3;3-2(4,5)1(6)7/h5-6,8-9,14-15H,7,10-13H2,1-4H3,(H,22,26);(H,6,7). The first-order valence-corrected chi connectivity index (χ1v) is 10.5. The maximum atomic E-state index is 12.8. The Hall–Kier alpha value is -3.08. The molecule has 182 valence electrons. The average molecular weight is 470 g/mol. The molecule has 2 heterocycles. The van der Waals surface area contributed by atoms with Gasteiger partial charge in [-0.15, -0.1) is 0 Å². The van der Waals surface area contributed by atoms with E-state index in [2.05, 4.69) is 40.7 Å². The van der Waals surface area contributed by atoms with Crippen LogP contribution in [0, 0.1) is 6.92 Å². The van der Waals surface area contributed by atoms with E-state index in [9.17, 15) is 18.0 Å². The zero-order valence-electron chi connectivity index (χ0n) is 19.2. The number of anilines is 1. The summed E-state index contributed by atoms with van der Waals surface area (Å²) in [5.41, 5.74) is 4.15.